The van der Waals surface area contributed by atoms with Crippen LogP contribution in [0.2, 0.25) is 0 Å². The normalized spacial score (nSPS) is 16.9. The van der Waals surface area contributed by atoms with Crippen molar-refractivity contribution in [1.29, 1.82) is 0 Å². The molecule has 1 aliphatic carbocycles. The van der Waals surface area contributed by atoms with Crippen molar-refractivity contribution >= 4 is 17.8 Å². The van der Waals surface area contributed by atoms with Gasteiger partial charge in [0.2, 0.25) is 11.8 Å². The van der Waals surface area contributed by atoms with Crippen LogP contribution < -0.4 is 10.6 Å². The maximum absolute atomic E-state index is 12.2. The first-order valence-corrected chi connectivity index (χ1v) is 9.79. The maximum Gasteiger partial charge on any atom is 0.308 e. The van der Waals surface area contributed by atoms with Crippen LogP contribution in [-0.4, -0.2) is 35.5 Å². The number of rotatable bonds is 9. The lowest BCUT2D eigenvalue weighted by atomic mass is 9.87. The molecule has 1 fully saturated rings. The van der Waals surface area contributed by atoms with Gasteiger partial charge in [-0.25, -0.2) is 0 Å². The summed E-state index contributed by atoms with van der Waals surface area (Å²) in [4.78, 5) is 35.8. The topological polar surface area (TPSA) is 95.5 Å². The molecule has 0 heterocycles. The minimum Gasteiger partial charge on any atom is -0.481 e. The predicted octanol–water partition coefficient (Wildman–Crippen LogP) is 2.52. The molecule has 1 aromatic rings. The lowest BCUT2D eigenvalue weighted by Gasteiger charge is -2.22. The fourth-order valence-corrected chi connectivity index (χ4v) is 3.54. The Bertz CT molecular complexity index is 626. The molecular formula is C21H30N2O4. The first kappa shape index (κ1) is 20.9. The first-order chi connectivity index (χ1) is 13.0. The zero-order valence-electron chi connectivity index (χ0n) is 15.9. The van der Waals surface area contributed by atoms with E-state index in [0.717, 1.165) is 18.4 Å². The van der Waals surface area contributed by atoms with Crippen molar-refractivity contribution in [2.75, 3.05) is 6.54 Å². The second-order valence-electron chi connectivity index (χ2n) is 7.47. The van der Waals surface area contributed by atoms with Gasteiger partial charge in [0.1, 0.15) is 6.04 Å². The van der Waals surface area contributed by atoms with Crippen molar-refractivity contribution in [3.63, 3.8) is 0 Å². The molecule has 2 atom stereocenters. The summed E-state index contributed by atoms with van der Waals surface area (Å²) in [5.41, 5.74) is 0.910. The monoisotopic (exact) mass is 374 g/mol. The van der Waals surface area contributed by atoms with E-state index in [1.54, 1.807) is 6.92 Å². The molecule has 3 N–H and O–H groups in total. The second kappa shape index (κ2) is 10.7. The van der Waals surface area contributed by atoms with Crippen LogP contribution >= 0.6 is 0 Å². The van der Waals surface area contributed by atoms with Gasteiger partial charge in [-0.15, -0.1) is 0 Å². The number of carbonyl (C=O) groups is 3. The van der Waals surface area contributed by atoms with E-state index in [9.17, 15) is 19.5 Å². The van der Waals surface area contributed by atoms with Crippen molar-refractivity contribution in [3.8, 4) is 0 Å². The molecule has 6 heteroatoms. The molecule has 6 nitrogen and oxygen atoms in total. The van der Waals surface area contributed by atoms with E-state index in [0.29, 0.717) is 18.8 Å². The highest BCUT2D eigenvalue weighted by atomic mass is 16.4. The highest BCUT2D eigenvalue weighted by Gasteiger charge is 2.23. The number of aliphatic carboxylic acids is 1. The van der Waals surface area contributed by atoms with Crippen molar-refractivity contribution in [3.05, 3.63) is 35.9 Å². The molecule has 1 aromatic carbocycles. The van der Waals surface area contributed by atoms with Crippen molar-refractivity contribution in [2.24, 2.45) is 11.8 Å². The molecule has 0 bridgehead atoms. The standard InChI is InChI=1S/C21H30N2O4/c1-15(23-19(24)13-17-10-6-3-7-11-17)20(25)22-14-18(21(26)27)12-16-8-4-2-5-9-16/h2,4-5,8-9,15,17-18H,3,6-7,10-14H2,1H3,(H,22,25)(H,23,24)(H,26,27). The Morgan fingerprint density at radius 1 is 1.11 bits per heavy atom. The van der Waals surface area contributed by atoms with Gasteiger partial charge in [-0.1, -0.05) is 49.6 Å². The van der Waals surface area contributed by atoms with Crippen LogP contribution in [0.25, 0.3) is 0 Å². The van der Waals surface area contributed by atoms with Crippen molar-refractivity contribution in [1.82, 2.24) is 10.6 Å². The number of benzene rings is 1. The Morgan fingerprint density at radius 3 is 2.41 bits per heavy atom. The highest BCUT2D eigenvalue weighted by Crippen LogP contribution is 2.26. The average molecular weight is 374 g/mol. The van der Waals surface area contributed by atoms with E-state index in [1.165, 1.54) is 19.3 Å². The summed E-state index contributed by atoms with van der Waals surface area (Å²) in [5.74, 6) is -1.71. The lowest BCUT2D eigenvalue weighted by Crippen LogP contribution is -2.47. The third kappa shape index (κ3) is 7.41. The van der Waals surface area contributed by atoms with Gasteiger partial charge >= 0.3 is 5.97 Å². The largest absolute Gasteiger partial charge is 0.481 e. The lowest BCUT2D eigenvalue weighted by molar-refractivity contribution is -0.141. The van der Waals surface area contributed by atoms with Gasteiger partial charge < -0.3 is 15.7 Å². The van der Waals surface area contributed by atoms with Crippen molar-refractivity contribution < 1.29 is 19.5 Å². The van der Waals surface area contributed by atoms with Gasteiger partial charge in [-0.3, -0.25) is 14.4 Å². The Balaban J connectivity index is 1.76. The first-order valence-electron chi connectivity index (χ1n) is 9.79. The number of amides is 2. The van der Waals surface area contributed by atoms with Crippen LogP contribution in [0.1, 0.15) is 51.0 Å². The van der Waals surface area contributed by atoms with Gasteiger partial charge in [-0.2, -0.15) is 0 Å². The zero-order valence-corrected chi connectivity index (χ0v) is 15.9. The number of hydrogen-bond donors (Lipinski definition) is 3. The number of carbonyl (C=O) groups excluding carboxylic acids is 2. The average Bonchev–Trinajstić information content (AvgIpc) is 2.66. The maximum atomic E-state index is 12.2. The third-order valence-electron chi connectivity index (χ3n) is 5.17. The zero-order chi connectivity index (χ0) is 19.6. The summed E-state index contributed by atoms with van der Waals surface area (Å²) >= 11 is 0. The minimum absolute atomic E-state index is 0.0336. The molecule has 27 heavy (non-hydrogen) atoms. The Labute approximate surface area is 160 Å². The molecule has 2 unspecified atom stereocenters. The molecule has 2 rings (SSSR count). The van der Waals surface area contributed by atoms with E-state index in [1.807, 2.05) is 30.3 Å². The fourth-order valence-electron chi connectivity index (χ4n) is 3.54. The molecule has 1 aliphatic rings. The molecular weight excluding hydrogens is 344 g/mol. The molecule has 2 amide bonds. The summed E-state index contributed by atoms with van der Waals surface area (Å²) in [7, 11) is 0. The SMILES string of the molecule is CC(NC(=O)CC1CCCCC1)C(=O)NCC(Cc1ccccc1)C(=O)O. The Kier molecular flexibility index (Phi) is 8.30. The van der Waals surface area contributed by atoms with Gasteiger partial charge in [0, 0.05) is 13.0 Å². The van der Waals surface area contributed by atoms with E-state index in [4.69, 9.17) is 0 Å². The van der Waals surface area contributed by atoms with E-state index in [2.05, 4.69) is 10.6 Å². The summed E-state index contributed by atoms with van der Waals surface area (Å²) in [5, 5.41) is 14.8. The van der Waals surface area contributed by atoms with Gasteiger partial charge in [-0.05, 0) is 37.7 Å². The van der Waals surface area contributed by atoms with Crippen LogP contribution in [-0.2, 0) is 20.8 Å². The fraction of sp³-hybridized carbons (Fsp3) is 0.571. The van der Waals surface area contributed by atoms with E-state index >= 15 is 0 Å². The van der Waals surface area contributed by atoms with Crippen LogP contribution in [0.5, 0.6) is 0 Å². The summed E-state index contributed by atoms with van der Waals surface area (Å²) in [6.07, 6.45) is 6.55. The van der Waals surface area contributed by atoms with E-state index in [-0.39, 0.29) is 18.4 Å². The third-order valence-corrected chi connectivity index (χ3v) is 5.17. The van der Waals surface area contributed by atoms with Gasteiger partial charge in [0.25, 0.3) is 0 Å². The quantitative estimate of drug-likeness (QED) is 0.619. The molecule has 0 aliphatic heterocycles. The summed E-state index contributed by atoms with van der Waals surface area (Å²) < 4.78 is 0. The Morgan fingerprint density at radius 2 is 1.78 bits per heavy atom. The molecule has 148 valence electrons. The second-order valence-corrected chi connectivity index (χ2v) is 7.47. The van der Waals surface area contributed by atoms with Gasteiger partial charge in [0.15, 0.2) is 0 Å². The summed E-state index contributed by atoms with van der Waals surface area (Å²) in [6.45, 7) is 1.66. The van der Waals surface area contributed by atoms with Crippen LogP contribution in [0, 0.1) is 11.8 Å². The van der Waals surface area contributed by atoms with Gasteiger partial charge in [0.05, 0.1) is 5.92 Å². The van der Waals surface area contributed by atoms with Crippen molar-refractivity contribution in [2.45, 2.75) is 57.9 Å². The molecule has 0 spiro atoms. The number of hydrogen-bond acceptors (Lipinski definition) is 3. The number of carboxylic acid groups (broad SMARTS) is 1. The highest BCUT2D eigenvalue weighted by molar-refractivity contribution is 5.87. The van der Waals surface area contributed by atoms with Crippen LogP contribution in [0.4, 0.5) is 0 Å². The van der Waals surface area contributed by atoms with Crippen LogP contribution in [0.15, 0.2) is 30.3 Å². The predicted molar refractivity (Wildman–Crippen MR) is 103 cm³/mol. The number of nitrogens with one attached hydrogen (secondary N) is 2. The Hall–Kier alpha value is -2.37. The van der Waals surface area contributed by atoms with E-state index < -0.39 is 17.9 Å². The molecule has 1 saturated carbocycles. The minimum atomic E-state index is -0.951. The summed E-state index contributed by atoms with van der Waals surface area (Å²) in [6, 6.07) is 8.65. The molecule has 0 radical (unpaired) electrons. The van der Waals surface area contributed by atoms with Crippen LogP contribution in [0.3, 0.4) is 0 Å². The molecule has 0 aromatic heterocycles. The molecule has 0 saturated heterocycles. The smallest absolute Gasteiger partial charge is 0.308 e. The number of carboxylic acids is 1.